The fourth-order valence-electron chi connectivity index (χ4n) is 1.74. The summed E-state index contributed by atoms with van der Waals surface area (Å²) in [6.07, 6.45) is 1.50. The first kappa shape index (κ1) is 13.7. The number of hydrogen-bond acceptors (Lipinski definition) is 2. The molecule has 0 fully saturated rings. The SMILES string of the molecule is CCc1ccccc1CNC(=O)CC(C)CN. The first-order valence-electron chi connectivity index (χ1n) is 6.20. The Morgan fingerprint density at radius 1 is 1.35 bits per heavy atom. The molecule has 1 aromatic carbocycles. The molecule has 0 saturated carbocycles. The maximum atomic E-state index is 11.6. The third kappa shape index (κ3) is 4.57. The summed E-state index contributed by atoms with van der Waals surface area (Å²) < 4.78 is 0. The number of amides is 1. The van der Waals surface area contributed by atoms with Crippen LogP contribution in [0.15, 0.2) is 24.3 Å². The predicted octanol–water partition coefficient (Wildman–Crippen LogP) is 1.85. The van der Waals surface area contributed by atoms with Gasteiger partial charge in [-0.3, -0.25) is 4.79 Å². The third-order valence-corrected chi connectivity index (χ3v) is 2.91. The van der Waals surface area contributed by atoms with Gasteiger partial charge in [-0.2, -0.15) is 0 Å². The van der Waals surface area contributed by atoms with E-state index in [0.29, 0.717) is 19.5 Å². The van der Waals surface area contributed by atoms with Crippen LogP contribution in [0.2, 0.25) is 0 Å². The lowest BCUT2D eigenvalue weighted by Crippen LogP contribution is -2.27. The monoisotopic (exact) mass is 234 g/mol. The highest BCUT2D eigenvalue weighted by atomic mass is 16.1. The van der Waals surface area contributed by atoms with Crippen molar-refractivity contribution >= 4 is 5.91 Å². The minimum Gasteiger partial charge on any atom is -0.352 e. The Hall–Kier alpha value is -1.35. The smallest absolute Gasteiger partial charge is 0.220 e. The van der Waals surface area contributed by atoms with Gasteiger partial charge < -0.3 is 11.1 Å². The van der Waals surface area contributed by atoms with Crippen molar-refractivity contribution in [3.8, 4) is 0 Å². The van der Waals surface area contributed by atoms with Gasteiger partial charge in [-0.15, -0.1) is 0 Å². The molecule has 0 saturated heterocycles. The van der Waals surface area contributed by atoms with Crippen LogP contribution in [-0.2, 0) is 17.8 Å². The zero-order valence-electron chi connectivity index (χ0n) is 10.7. The zero-order chi connectivity index (χ0) is 12.7. The van der Waals surface area contributed by atoms with Crippen LogP contribution in [0.5, 0.6) is 0 Å². The zero-order valence-corrected chi connectivity index (χ0v) is 10.7. The van der Waals surface area contributed by atoms with E-state index in [9.17, 15) is 4.79 Å². The number of carbonyl (C=O) groups excluding carboxylic acids is 1. The van der Waals surface area contributed by atoms with Crippen molar-refractivity contribution in [2.75, 3.05) is 6.54 Å². The normalized spacial score (nSPS) is 12.2. The highest BCUT2D eigenvalue weighted by Gasteiger charge is 2.07. The van der Waals surface area contributed by atoms with Crippen LogP contribution in [0.3, 0.4) is 0 Å². The Labute approximate surface area is 103 Å². The lowest BCUT2D eigenvalue weighted by molar-refractivity contribution is -0.122. The Kier molecular flexibility index (Phi) is 5.70. The first-order valence-corrected chi connectivity index (χ1v) is 6.20. The van der Waals surface area contributed by atoms with E-state index in [4.69, 9.17) is 5.73 Å². The lowest BCUT2D eigenvalue weighted by atomic mass is 10.0. The highest BCUT2D eigenvalue weighted by Crippen LogP contribution is 2.09. The topological polar surface area (TPSA) is 55.1 Å². The van der Waals surface area contributed by atoms with Crippen LogP contribution in [0.4, 0.5) is 0 Å². The van der Waals surface area contributed by atoms with Crippen LogP contribution in [0, 0.1) is 5.92 Å². The first-order chi connectivity index (χ1) is 8.17. The van der Waals surface area contributed by atoms with E-state index in [1.54, 1.807) is 0 Å². The molecule has 0 spiro atoms. The number of benzene rings is 1. The van der Waals surface area contributed by atoms with Crippen molar-refractivity contribution in [2.24, 2.45) is 11.7 Å². The number of nitrogens with one attached hydrogen (secondary N) is 1. The predicted molar refractivity (Wildman–Crippen MR) is 70.5 cm³/mol. The fraction of sp³-hybridized carbons (Fsp3) is 0.500. The van der Waals surface area contributed by atoms with Gasteiger partial charge in [0.1, 0.15) is 0 Å². The van der Waals surface area contributed by atoms with Gasteiger partial charge in [0.05, 0.1) is 0 Å². The minimum absolute atomic E-state index is 0.0776. The van der Waals surface area contributed by atoms with Crippen molar-refractivity contribution in [1.29, 1.82) is 0 Å². The Morgan fingerprint density at radius 2 is 2.00 bits per heavy atom. The van der Waals surface area contributed by atoms with Crippen LogP contribution >= 0.6 is 0 Å². The molecule has 1 atom stereocenters. The summed E-state index contributed by atoms with van der Waals surface area (Å²) in [4.78, 5) is 11.6. The standard InChI is InChI=1S/C14H22N2O/c1-3-12-6-4-5-7-13(12)10-16-14(17)8-11(2)9-15/h4-7,11H,3,8-10,15H2,1-2H3,(H,16,17). The molecule has 3 nitrogen and oxygen atoms in total. The van der Waals surface area contributed by atoms with E-state index in [1.165, 1.54) is 11.1 Å². The van der Waals surface area contributed by atoms with Crippen molar-refractivity contribution in [1.82, 2.24) is 5.32 Å². The summed E-state index contributed by atoms with van der Waals surface area (Å²) >= 11 is 0. The van der Waals surface area contributed by atoms with Crippen molar-refractivity contribution in [2.45, 2.75) is 33.2 Å². The molecule has 3 N–H and O–H groups in total. The Morgan fingerprint density at radius 3 is 2.59 bits per heavy atom. The van der Waals surface area contributed by atoms with Gasteiger partial charge in [0.25, 0.3) is 0 Å². The van der Waals surface area contributed by atoms with E-state index in [2.05, 4.69) is 24.4 Å². The molecule has 17 heavy (non-hydrogen) atoms. The number of carbonyl (C=O) groups is 1. The molecule has 94 valence electrons. The Bertz CT molecular complexity index is 363. The summed E-state index contributed by atoms with van der Waals surface area (Å²) in [5.74, 6) is 0.324. The van der Waals surface area contributed by atoms with Crippen LogP contribution in [0.1, 0.15) is 31.4 Å². The van der Waals surface area contributed by atoms with Gasteiger partial charge in [-0.25, -0.2) is 0 Å². The van der Waals surface area contributed by atoms with Gasteiger partial charge in [-0.05, 0) is 30.0 Å². The number of aryl methyl sites for hydroxylation is 1. The maximum absolute atomic E-state index is 11.6. The number of nitrogens with two attached hydrogens (primary N) is 1. The van der Waals surface area contributed by atoms with Crippen LogP contribution < -0.4 is 11.1 Å². The molecule has 0 heterocycles. The van der Waals surface area contributed by atoms with E-state index in [0.717, 1.165) is 6.42 Å². The largest absolute Gasteiger partial charge is 0.352 e. The summed E-state index contributed by atoms with van der Waals surface area (Å²) in [5.41, 5.74) is 7.98. The average Bonchev–Trinajstić information content (AvgIpc) is 2.36. The van der Waals surface area contributed by atoms with Crippen molar-refractivity contribution < 1.29 is 4.79 Å². The molecule has 1 unspecified atom stereocenters. The van der Waals surface area contributed by atoms with E-state index >= 15 is 0 Å². The maximum Gasteiger partial charge on any atom is 0.220 e. The van der Waals surface area contributed by atoms with Gasteiger partial charge >= 0.3 is 0 Å². The summed E-state index contributed by atoms with van der Waals surface area (Å²) in [7, 11) is 0. The summed E-state index contributed by atoms with van der Waals surface area (Å²) in [5, 5.41) is 2.94. The average molecular weight is 234 g/mol. The number of hydrogen-bond donors (Lipinski definition) is 2. The lowest BCUT2D eigenvalue weighted by Gasteiger charge is -2.11. The molecular weight excluding hydrogens is 212 g/mol. The fourth-order valence-corrected chi connectivity index (χ4v) is 1.74. The van der Waals surface area contributed by atoms with Crippen molar-refractivity contribution in [3.05, 3.63) is 35.4 Å². The van der Waals surface area contributed by atoms with Gasteiger partial charge in [0.15, 0.2) is 0 Å². The third-order valence-electron chi connectivity index (χ3n) is 2.91. The van der Waals surface area contributed by atoms with E-state index in [1.807, 2.05) is 19.1 Å². The number of rotatable bonds is 6. The molecule has 0 aromatic heterocycles. The molecule has 1 rings (SSSR count). The van der Waals surface area contributed by atoms with Gasteiger partial charge in [0, 0.05) is 13.0 Å². The molecule has 1 amide bonds. The van der Waals surface area contributed by atoms with Gasteiger partial charge in [0.2, 0.25) is 5.91 Å². The second kappa shape index (κ2) is 7.07. The molecule has 0 radical (unpaired) electrons. The van der Waals surface area contributed by atoms with Crippen LogP contribution in [0.25, 0.3) is 0 Å². The summed E-state index contributed by atoms with van der Waals surface area (Å²) in [6.45, 7) is 5.27. The second-order valence-electron chi connectivity index (χ2n) is 4.44. The molecule has 0 bridgehead atoms. The second-order valence-corrected chi connectivity index (χ2v) is 4.44. The van der Waals surface area contributed by atoms with E-state index < -0.39 is 0 Å². The highest BCUT2D eigenvalue weighted by molar-refractivity contribution is 5.76. The summed E-state index contributed by atoms with van der Waals surface area (Å²) in [6, 6.07) is 8.19. The van der Waals surface area contributed by atoms with Gasteiger partial charge in [-0.1, -0.05) is 38.1 Å². The minimum atomic E-state index is 0.0776. The molecular formula is C14H22N2O. The van der Waals surface area contributed by atoms with E-state index in [-0.39, 0.29) is 11.8 Å². The quantitative estimate of drug-likeness (QED) is 0.789. The molecule has 1 aromatic rings. The molecule has 0 aliphatic rings. The van der Waals surface area contributed by atoms with Crippen LogP contribution in [-0.4, -0.2) is 12.5 Å². The van der Waals surface area contributed by atoms with Crippen molar-refractivity contribution in [3.63, 3.8) is 0 Å². The molecule has 3 heteroatoms. The Balaban J connectivity index is 2.47. The molecule has 0 aliphatic heterocycles. The molecule has 0 aliphatic carbocycles.